The lowest BCUT2D eigenvalue weighted by Crippen LogP contribution is -2.35. The van der Waals surface area contributed by atoms with Crippen molar-refractivity contribution in [1.29, 1.82) is 0 Å². The molecule has 1 heterocycles. The smallest absolute Gasteiger partial charge is 0.307 e. The highest BCUT2D eigenvalue weighted by Crippen LogP contribution is 2.30. The summed E-state index contributed by atoms with van der Waals surface area (Å²) in [5.74, 6) is 0.994. The summed E-state index contributed by atoms with van der Waals surface area (Å²) in [5, 5.41) is 0. The van der Waals surface area contributed by atoms with Crippen molar-refractivity contribution in [3.8, 4) is 5.75 Å². The van der Waals surface area contributed by atoms with Crippen LogP contribution in [0.3, 0.4) is 0 Å². The van der Waals surface area contributed by atoms with Crippen molar-refractivity contribution >= 4 is 11.9 Å². The fourth-order valence-corrected chi connectivity index (χ4v) is 3.19. The minimum atomic E-state index is -0.260. The van der Waals surface area contributed by atoms with Crippen LogP contribution in [0.25, 0.3) is 0 Å². The summed E-state index contributed by atoms with van der Waals surface area (Å²) in [6, 6.07) is 7.22. The van der Waals surface area contributed by atoms with Crippen LogP contribution in [-0.4, -0.2) is 55.8 Å². The summed E-state index contributed by atoms with van der Waals surface area (Å²) in [5.41, 5.74) is 0.615. The zero-order chi connectivity index (χ0) is 19.1. The number of ether oxygens (including phenoxy) is 3. The van der Waals surface area contributed by atoms with E-state index < -0.39 is 0 Å². The van der Waals surface area contributed by atoms with E-state index in [4.69, 9.17) is 14.2 Å². The first-order valence-corrected chi connectivity index (χ1v) is 9.95. The third-order valence-electron chi connectivity index (χ3n) is 4.92. The summed E-state index contributed by atoms with van der Waals surface area (Å²) in [6.45, 7) is 4.60. The average molecular weight is 375 g/mol. The van der Waals surface area contributed by atoms with Gasteiger partial charge in [-0.25, -0.2) is 0 Å². The second-order valence-electron chi connectivity index (χ2n) is 7.22. The number of hydrogen-bond acceptors (Lipinski definition) is 5. The lowest BCUT2D eigenvalue weighted by atomic mass is 10.1. The molecule has 27 heavy (non-hydrogen) atoms. The van der Waals surface area contributed by atoms with E-state index >= 15 is 0 Å². The molecule has 0 N–H and O–H groups in total. The van der Waals surface area contributed by atoms with Crippen LogP contribution in [0.4, 0.5) is 0 Å². The van der Waals surface area contributed by atoms with Gasteiger partial charge in [0.15, 0.2) is 0 Å². The van der Waals surface area contributed by atoms with Gasteiger partial charge in [-0.05, 0) is 62.8 Å². The molecule has 1 saturated carbocycles. The molecular weight excluding hydrogens is 346 g/mol. The van der Waals surface area contributed by atoms with Crippen molar-refractivity contribution in [3.63, 3.8) is 0 Å². The van der Waals surface area contributed by atoms with Crippen LogP contribution >= 0.6 is 0 Å². The van der Waals surface area contributed by atoms with Gasteiger partial charge in [-0.1, -0.05) is 0 Å². The second-order valence-corrected chi connectivity index (χ2v) is 7.22. The number of benzene rings is 1. The largest absolute Gasteiger partial charge is 0.491 e. The Labute approximate surface area is 160 Å². The first-order valence-electron chi connectivity index (χ1n) is 9.95. The molecule has 1 aliphatic heterocycles. The SMILES string of the molecule is CCOC(=O)CCN(CC1CC1)C(=O)c1ccc(OCC2CCCO2)cc1. The van der Waals surface area contributed by atoms with E-state index in [-0.39, 0.29) is 24.4 Å². The lowest BCUT2D eigenvalue weighted by molar-refractivity contribution is -0.143. The van der Waals surface area contributed by atoms with Gasteiger partial charge in [0.2, 0.25) is 0 Å². The van der Waals surface area contributed by atoms with Gasteiger partial charge in [0.1, 0.15) is 12.4 Å². The van der Waals surface area contributed by atoms with E-state index in [0.717, 1.165) is 38.0 Å². The normalized spacial score (nSPS) is 18.9. The van der Waals surface area contributed by atoms with E-state index in [1.807, 2.05) is 12.1 Å². The summed E-state index contributed by atoms with van der Waals surface area (Å²) < 4.78 is 16.3. The van der Waals surface area contributed by atoms with Gasteiger partial charge in [0.05, 0.1) is 19.1 Å². The van der Waals surface area contributed by atoms with E-state index in [1.54, 1.807) is 24.0 Å². The predicted octanol–water partition coefficient (Wildman–Crippen LogP) is 3.05. The highest BCUT2D eigenvalue weighted by atomic mass is 16.5. The van der Waals surface area contributed by atoms with Gasteiger partial charge in [-0.3, -0.25) is 9.59 Å². The Balaban J connectivity index is 1.54. The summed E-state index contributed by atoms with van der Waals surface area (Å²) in [6.07, 6.45) is 4.83. The molecule has 0 radical (unpaired) electrons. The lowest BCUT2D eigenvalue weighted by Gasteiger charge is -2.22. The molecule has 0 aromatic heterocycles. The van der Waals surface area contributed by atoms with E-state index in [0.29, 0.717) is 37.8 Å². The molecular formula is C21H29NO5. The van der Waals surface area contributed by atoms with Crippen LogP contribution in [0.2, 0.25) is 0 Å². The van der Waals surface area contributed by atoms with Crippen molar-refractivity contribution in [1.82, 2.24) is 4.90 Å². The van der Waals surface area contributed by atoms with Crippen LogP contribution in [0, 0.1) is 5.92 Å². The molecule has 6 nitrogen and oxygen atoms in total. The number of amides is 1. The standard InChI is InChI=1S/C21H29NO5/c1-2-25-20(23)11-12-22(14-16-5-6-16)21(24)17-7-9-18(10-8-17)27-15-19-4-3-13-26-19/h7-10,16,19H,2-6,11-15H2,1H3. The molecule has 1 atom stereocenters. The van der Waals surface area contributed by atoms with E-state index in [1.165, 1.54) is 0 Å². The summed E-state index contributed by atoms with van der Waals surface area (Å²) in [4.78, 5) is 26.3. The Morgan fingerprint density at radius 2 is 1.96 bits per heavy atom. The Hall–Kier alpha value is -2.08. The zero-order valence-electron chi connectivity index (χ0n) is 16.0. The maximum Gasteiger partial charge on any atom is 0.307 e. The zero-order valence-corrected chi connectivity index (χ0v) is 16.0. The minimum absolute atomic E-state index is 0.0446. The van der Waals surface area contributed by atoms with E-state index in [2.05, 4.69) is 0 Å². The van der Waals surface area contributed by atoms with Gasteiger partial charge in [-0.15, -0.1) is 0 Å². The van der Waals surface area contributed by atoms with Gasteiger partial charge < -0.3 is 19.1 Å². The second kappa shape index (κ2) is 9.74. The molecule has 1 saturated heterocycles. The average Bonchev–Trinajstić information content (AvgIpc) is 3.35. The third-order valence-corrected chi connectivity index (χ3v) is 4.92. The molecule has 1 aliphatic carbocycles. The molecule has 0 bridgehead atoms. The van der Waals surface area contributed by atoms with Crippen LogP contribution < -0.4 is 4.74 Å². The van der Waals surface area contributed by atoms with Gasteiger partial charge in [0.25, 0.3) is 5.91 Å². The van der Waals surface area contributed by atoms with E-state index in [9.17, 15) is 9.59 Å². The Kier molecular flexibility index (Phi) is 7.10. The fraction of sp³-hybridized carbons (Fsp3) is 0.619. The number of rotatable bonds is 10. The molecule has 6 heteroatoms. The van der Waals surface area contributed by atoms with Gasteiger partial charge in [-0.2, -0.15) is 0 Å². The molecule has 3 rings (SSSR count). The summed E-state index contributed by atoms with van der Waals surface area (Å²) >= 11 is 0. The Morgan fingerprint density at radius 3 is 2.59 bits per heavy atom. The maximum absolute atomic E-state index is 12.9. The van der Waals surface area contributed by atoms with Crippen molar-refractivity contribution in [2.24, 2.45) is 5.92 Å². The first-order chi connectivity index (χ1) is 13.2. The number of carbonyl (C=O) groups excluding carboxylic acids is 2. The number of esters is 1. The molecule has 1 aromatic carbocycles. The quantitative estimate of drug-likeness (QED) is 0.588. The molecule has 148 valence electrons. The number of nitrogens with zero attached hydrogens (tertiary/aromatic N) is 1. The van der Waals surface area contributed by atoms with Crippen molar-refractivity contribution in [2.45, 2.75) is 45.1 Å². The third kappa shape index (κ3) is 6.24. The monoisotopic (exact) mass is 375 g/mol. The van der Waals surface area contributed by atoms with Gasteiger partial charge in [0, 0.05) is 25.3 Å². The van der Waals surface area contributed by atoms with Crippen LogP contribution in [0.5, 0.6) is 5.75 Å². The van der Waals surface area contributed by atoms with Gasteiger partial charge >= 0.3 is 5.97 Å². The number of hydrogen-bond donors (Lipinski definition) is 0. The van der Waals surface area contributed by atoms with Crippen molar-refractivity contribution in [3.05, 3.63) is 29.8 Å². The maximum atomic E-state index is 12.9. The molecule has 0 spiro atoms. The van der Waals surface area contributed by atoms with Crippen LogP contribution in [0.15, 0.2) is 24.3 Å². The first kappa shape index (κ1) is 19.7. The van der Waals surface area contributed by atoms with Crippen molar-refractivity contribution in [2.75, 3.05) is 32.9 Å². The van der Waals surface area contributed by atoms with Crippen molar-refractivity contribution < 1.29 is 23.8 Å². The van der Waals surface area contributed by atoms with Crippen LogP contribution in [-0.2, 0) is 14.3 Å². The highest BCUT2D eigenvalue weighted by Gasteiger charge is 2.27. The van der Waals surface area contributed by atoms with Crippen LogP contribution in [0.1, 0.15) is 49.4 Å². The molecule has 1 amide bonds. The molecule has 1 aromatic rings. The Bertz CT molecular complexity index is 620. The molecule has 2 aliphatic rings. The Morgan fingerprint density at radius 1 is 1.19 bits per heavy atom. The fourth-order valence-electron chi connectivity index (χ4n) is 3.19. The topological polar surface area (TPSA) is 65.1 Å². The predicted molar refractivity (Wildman–Crippen MR) is 101 cm³/mol. The number of carbonyl (C=O) groups is 2. The minimum Gasteiger partial charge on any atom is -0.491 e. The molecule has 2 fully saturated rings. The summed E-state index contributed by atoms with van der Waals surface area (Å²) in [7, 11) is 0. The highest BCUT2D eigenvalue weighted by molar-refractivity contribution is 5.94. The molecule has 1 unspecified atom stereocenters.